The summed E-state index contributed by atoms with van der Waals surface area (Å²) >= 11 is 12.1. The van der Waals surface area contributed by atoms with Crippen LogP contribution >= 0.6 is 23.2 Å². The summed E-state index contributed by atoms with van der Waals surface area (Å²) in [7, 11) is 0. The number of carboxylic acids is 1. The van der Waals surface area contributed by atoms with Crippen molar-refractivity contribution in [3.8, 4) is 0 Å². The van der Waals surface area contributed by atoms with Gasteiger partial charge in [0.1, 0.15) is 11.3 Å². The molecular weight excluding hydrogens is 407 g/mol. The largest absolute Gasteiger partial charge is 0.478 e. The molecule has 0 saturated carbocycles. The van der Waals surface area contributed by atoms with Gasteiger partial charge in [0.15, 0.2) is 11.5 Å². The van der Waals surface area contributed by atoms with Gasteiger partial charge in [0, 0.05) is 11.6 Å². The lowest BCUT2D eigenvalue weighted by atomic mass is 10.2. The van der Waals surface area contributed by atoms with E-state index in [1.807, 2.05) is 0 Å². The summed E-state index contributed by atoms with van der Waals surface area (Å²) in [5, 5.41) is 17.5. The quantitative estimate of drug-likeness (QED) is 0.492. The molecular formula is C17H14Cl2N6O3. The number of amides is 2. The molecule has 0 aliphatic rings. The van der Waals surface area contributed by atoms with E-state index in [1.165, 1.54) is 18.3 Å². The van der Waals surface area contributed by atoms with Crippen molar-refractivity contribution in [1.29, 1.82) is 0 Å². The highest BCUT2D eigenvalue weighted by Crippen LogP contribution is 2.32. The predicted molar refractivity (Wildman–Crippen MR) is 107 cm³/mol. The molecule has 0 unspecified atom stereocenters. The van der Waals surface area contributed by atoms with E-state index in [-0.39, 0.29) is 38.8 Å². The van der Waals surface area contributed by atoms with E-state index < -0.39 is 5.97 Å². The minimum atomic E-state index is -1.21. The number of aromatic nitrogens is 3. The number of fused-ring (bicyclic) bond motifs is 1. The summed E-state index contributed by atoms with van der Waals surface area (Å²) in [4.78, 5) is 35.7. The number of nitrogens with one attached hydrogen (secondary N) is 3. The van der Waals surface area contributed by atoms with Crippen LogP contribution in [0.4, 0.5) is 22.1 Å². The Hall–Kier alpha value is -3.17. The van der Waals surface area contributed by atoms with Crippen LogP contribution in [0, 0.1) is 0 Å². The summed E-state index contributed by atoms with van der Waals surface area (Å²) in [5.41, 5.74) is 0.903. The second kappa shape index (κ2) is 8.24. The minimum absolute atomic E-state index is 0.0154. The maximum atomic E-state index is 11.6. The third kappa shape index (κ3) is 4.38. The van der Waals surface area contributed by atoms with Gasteiger partial charge in [0.05, 0.1) is 22.5 Å². The summed E-state index contributed by atoms with van der Waals surface area (Å²) < 4.78 is 0. The number of halogens is 2. The van der Waals surface area contributed by atoms with Crippen LogP contribution in [0.3, 0.4) is 0 Å². The molecule has 11 heteroatoms. The Morgan fingerprint density at radius 3 is 2.61 bits per heavy atom. The molecule has 28 heavy (non-hydrogen) atoms. The van der Waals surface area contributed by atoms with E-state index in [2.05, 4.69) is 30.9 Å². The van der Waals surface area contributed by atoms with E-state index >= 15 is 0 Å². The SMILES string of the molecule is CCNC(=O)Nc1ccc2ncc(Nc3cc(Cl)cc(C(=O)O)c3Cl)nc2n1. The van der Waals surface area contributed by atoms with Gasteiger partial charge in [-0.2, -0.15) is 0 Å². The molecule has 144 valence electrons. The van der Waals surface area contributed by atoms with E-state index in [0.717, 1.165) is 0 Å². The average Bonchev–Trinajstić information content (AvgIpc) is 2.64. The standard InChI is InChI=1S/C17H14Cl2N6O3/c1-2-20-17(28)25-12-4-3-10-15(23-12)24-13(7-21-10)22-11-6-8(18)5-9(14(11)19)16(26)27/h3-7H,2H2,1H3,(H,26,27)(H3,20,22,23,24,25,28). The highest BCUT2D eigenvalue weighted by molar-refractivity contribution is 6.38. The van der Waals surface area contributed by atoms with Gasteiger partial charge in [-0.25, -0.2) is 24.5 Å². The zero-order chi connectivity index (χ0) is 20.3. The average molecular weight is 421 g/mol. The van der Waals surface area contributed by atoms with Gasteiger partial charge >= 0.3 is 12.0 Å². The van der Waals surface area contributed by atoms with Crippen LogP contribution in [0.5, 0.6) is 0 Å². The molecule has 0 atom stereocenters. The van der Waals surface area contributed by atoms with Crippen LogP contribution in [-0.4, -0.2) is 38.6 Å². The molecule has 2 aromatic heterocycles. The molecule has 0 saturated heterocycles. The molecule has 9 nitrogen and oxygen atoms in total. The molecule has 0 radical (unpaired) electrons. The Bertz CT molecular complexity index is 1080. The normalized spacial score (nSPS) is 10.5. The van der Waals surface area contributed by atoms with E-state index in [1.54, 1.807) is 19.1 Å². The summed E-state index contributed by atoms with van der Waals surface area (Å²) in [6, 6.07) is 5.61. The molecule has 0 bridgehead atoms. The molecule has 0 spiro atoms. The molecule has 2 heterocycles. The molecule has 3 aromatic rings. The number of aromatic carboxylic acids is 1. The molecule has 0 aliphatic carbocycles. The van der Waals surface area contributed by atoms with Crippen molar-refractivity contribution in [2.45, 2.75) is 6.92 Å². The highest BCUT2D eigenvalue weighted by Gasteiger charge is 2.15. The summed E-state index contributed by atoms with van der Waals surface area (Å²) in [6.45, 7) is 2.28. The van der Waals surface area contributed by atoms with Crippen molar-refractivity contribution in [2.75, 3.05) is 17.2 Å². The Morgan fingerprint density at radius 1 is 1.14 bits per heavy atom. The smallest absolute Gasteiger partial charge is 0.337 e. The number of pyridine rings is 1. The number of rotatable bonds is 5. The predicted octanol–water partition coefficient (Wildman–Crippen LogP) is 3.91. The van der Waals surface area contributed by atoms with Gasteiger partial charge in [-0.05, 0) is 31.2 Å². The first-order chi connectivity index (χ1) is 13.4. The Kier molecular flexibility index (Phi) is 5.76. The second-order valence-electron chi connectivity index (χ2n) is 5.52. The Labute approximate surface area is 169 Å². The second-order valence-corrected chi connectivity index (χ2v) is 6.34. The zero-order valence-corrected chi connectivity index (χ0v) is 16.0. The summed E-state index contributed by atoms with van der Waals surface area (Å²) in [5.74, 6) is -0.627. The Morgan fingerprint density at radius 2 is 1.89 bits per heavy atom. The van der Waals surface area contributed by atoms with Crippen molar-refractivity contribution >= 4 is 63.7 Å². The van der Waals surface area contributed by atoms with Crippen LogP contribution in [0.25, 0.3) is 11.2 Å². The number of carboxylic acid groups (broad SMARTS) is 1. The third-order valence-corrected chi connectivity index (χ3v) is 4.14. The van der Waals surface area contributed by atoms with Crippen LogP contribution in [0.15, 0.2) is 30.5 Å². The van der Waals surface area contributed by atoms with Gasteiger partial charge < -0.3 is 15.7 Å². The lowest BCUT2D eigenvalue weighted by Gasteiger charge is -2.11. The minimum Gasteiger partial charge on any atom is -0.478 e. The molecule has 2 amide bonds. The van der Waals surface area contributed by atoms with Crippen LogP contribution in [0.1, 0.15) is 17.3 Å². The number of urea groups is 1. The van der Waals surface area contributed by atoms with Crippen molar-refractivity contribution in [2.24, 2.45) is 0 Å². The van der Waals surface area contributed by atoms with Crippen molar-refractivity contribution in [1.82, 2.24) is 20.3 Å². The van der Waals surface area contributed by atoms with E-state index in [9.17, 15) is 14.7 Å². The van der Waals surface area contributed by atoms with Gasteiger partial charge in [-0.1, -0.05) is 23.2 Å². The van der Waals surface area contributed by atoms with Gasteiger partial charge in [0.2, 0.25) is 0 Å². The van der Waals surface area contributed by atoms with E-state index in [0.29, 0.717) is 17.9 Å². The lowest BCUT2D eigenvalue weighted by molar-refractivity contribution is 0.0697. The van der Waals surface area contributed by atoms with Crippen molar-refractivity contribution < 1.29 is 14.7 Å². The van der Waals surface area contributed by atoms with Gasteiger partial charge in [-0.3, -0.25) is 5.32 Å². The maximum absolute atomic E-state index is 11.6. The maximum Gasteiger partial charge on any atom is 0.337 e. The topological polar surface area (TPSA) is 129 Å². The number of anilines is 3. The third-order valence-electron chi connectivity index (χ3n) is 3.52. The van der Waals surface area contributed by atoms with Crippen LogP contribution < -0.4 is 16.0 Å². The van der Waals surface area contributed by atoms with Crippen molar-refractivity contribution in [3.63, 3.8) is 0 Å². The van der Waals surface area contributed by atoms with Gasteiger partial charge in [-0.15, -0.1) is 0 Å². The summed E-state index contributed by atoms with van der Waals surface area (Å²) in [6.07, 6.45) is 1.44. The van der Waals surface area contributed by atoms with Crippen LogP contribution in [0.2, 0.25) is 10.0 Å². The highest BCUT2D eigenvalue weighted by atomic mass is 35.5. The molecule has 0 fully saturated rings. The number of carbonyl (C=O) groups excluding carboxylic acids is 1. The fraction of sp³-hybridized carbons (Fsp3) is 0.118. The lowest BCUT2D eigenvalue weighted by Crippen LogP contribution is -2.28. The van der Waals surface area contributed by atoms with Gasteiger partial charge in [0.25, 0.3) is 0 Å². The van der Waals surface area contributed by atoms with E-state index in [4.69, 9.17) is 23.2 Å². The first-order valence-electron chi connectivity index (χ1n) is 8.05. The Balaban J connectivity index is 1.92. The molecule has 0 aliphatic heterocycles. The number of hydrogen-bond donors (Lipinski definition) is 4. The molecule has 3 rings (SSSR count). The fourth-order valence-corrected chi connectivity index (χ4v) is 2.78. The monoisotopic (exact) mass is 420 g/mol. The molecule has 1 aromatic carbocycles. The number of carbonyl (C=O) groups is 2. The first kappa shape index (κ1) is 19.6. The number of hydrogen-bond acceptors (Lipinski definition) is 6. The van der Waals surface area contributed by atoms with Crippen molar-refractivity contribution in [3.05, 3.63) is 46.1 Å². The fourth-order valence-electron chi connectivity index (χ4n) is 2.32. The number of benzene rings is 1. The first-order valence-corrected chi connectivity index (χ1v) is 8.81. The zero-order valence-electron chi connectivity index (χ0n) is 14.5. The molecule has 4 N–H and O–H groups in total. The number of nitrogens with zero attached hydrogens (tertiary/aromatic N) is 3. The van der Waals surface area contributed by atoms with Crippen LogP contribution in [-0.2, 0) is 0 Å².